The molecule has 0 N–H and O–H groups in total. The topological polar surface area (TPSA) is 38.8 Å². The summed E-state index contributed by atoms with van der Waals surface area (Å²) in [5.41, 5.74) is 1.09. The fraction of sp³-hybridized carbons (Fsp3) is 0.588. The summed E-state index contributed by atoms with van der Waals surface area (Å²) in [6.07, 6.45) is 1.18. The Balaban J connectivity index is 1.80. The van der Waals surface area contributed by atoms with Crippen LogP contribution in [0.25, 0.3) is 0 Å². The molecule has 0 radical (unpaired) electrons. The van der Waals surface area contributed by atoms with E-state index in [2.05, 4.69) is 0 Å². The van der Waals surface area contributed by atoms with Gasteiger partial charge in [0.2, 0.25) is 0 Å². The van der Waals surface area contributed by atoms with Crippen LogP contribution in [0.3, 0.4) is 0 Å². The minimum atomic E-state index is -0.703. The van der Waals surface area contributed by atoms with Crippen LogP contribution in [0, 0.1) is 0 Å². The molecular formula is C17H22ClNO3. The van der Waals surface area contributed by atoms with Gasteiger partial charge in [0, 0.05) is 11.6 Å². The Hall–Kier alpha value is -1.10. The van der Waals surface area contributed by atoms with E-state index in [-0.39, 0.29) is 18.1 Å². The van der Waals surface area contributed by atoms with E-state index in [1.807, 2.05) is 49.9 Å². The van der Waals surface area contributed by atoms with Gasteiger partial charge in [-0.05, 0) is 51.3 Å². The predicted molar refractivity (Wildman–Crippen MR) is 84.6 cm³/mol. The first-order valence-corrected chi connectivity index (χ1v) is 8.17. The maximum atomic E-state index is 12.9. The van der Waals surface area contributed by atoms with Crippen LogP contribution in [0.15, 0.2) is 24.3 Å². The molecule has 120 valence electrons. The summed E-state index contributed by atoms with van der Waals surface area (Å²) in [5.74, 6) is -0.689. The van der Waals surface area contributed by atoms with Gasteiger partial charge in [-0.3, -0.25) is 4.79 Å². The van der Waals surface area contributed by atoms with Crippen LogP contribution in [0.5, 0.6) is 0 Å². The molecule has 0 bridgehead atoms. The van der Waals surface area contributed by atoms with Crippen LogP contribution in [0.4, 0.5) is 0 Å². The number of nitrogens with zero attached hydrogens (tertiary/aromatic N) is 1. The first-order valence-electron chi connectivity index (χ1n) is 7.79. The van der Waals surface area contributed by atoms with Gasteiger partial charge in [0.1, 0.15) is 0 Å². The number of halogens is 1. The molecule has 2 heterocycles. The number of benzene rings is 1. The van der Waals surface area contributed by atoms with Crippen LogP contribution in [-0.4, -0.2) is 35.3 Å². The second-order valence-corrected chi connectivity index (χ2v) is 6.94. The molecule has 0 aliphatic carbocycles. The lowest BCUT2D eigenvalue weighted by Gasteiger charge is -2.28. The first kappa shape index (κ1) is 15.8. The second kappa shape index (κ2) is 5.84. The van der Waals surface area contributed by atoms with Gasteiger partial charge in [-0.15, -0.1) is 0 Å². The molecule has 1 amide bonds. The van der Waals surface area contributed by atoms with Crippen molar-refractivity contribution in [2.24, 2.45) is 0 Å². The van der Waals surface area contributed by atoms with E-state index in [9.17, 15) is 4.79 Å². The van der Waals surface area contributed by atoms with Crippen molar-refractivity contribution in [3.05, 3.63) is 34.9 Å². The van der Waals surface area contributed by atoms with Gasteiger partial charge >= 0.3 is 0 Å². The maximum Gasteiger partial charge on any atom is 0.255 e. The molecule has 2 fully saturated rings. The highest BCUT2D eigenvalue weighted by atomic mass is 35.5. The van der Waals surface area contributed by atoms with Gasteiger partial charge in [-0.1, -0.05) is 23.7 Å². The third-order valence-electron chi connectivity index (χ3n) is 4.32. The minimum Gasteiger partial charge on any atom is -0.344 e. The highest BCUT2D eigenvalue weighted by Gasteiger charge is 2.46. The summed E-state index contributed by atoms with van der Waals surface area (Å²) < 4.78 is 11.5. The van der Waals surface area contributed by atoms with Gasteiger partial charge in [-0.25, -0.2) is 0 Å². The molecule has 1 aromatic carbocycles. The third kappa shape index (κ3) is 3.00. The average molecular weight is 324 g/mol. The fourth-order valence-electron chi connectivity index (χ4n) is 3.44. The molecular weight excluding hydrogens is 302 g/mol. The van der Waals surface area contributed by atoms with E-state index in [1.165, 1.54) is 0 Å². The lowest BCUT2D eigenvalue weighted by molar-refractivity contribution is -0.162. The van der Waals surface area contributed by atoms with E-state index in [0.29, 0.717) is 5.02 Å². The third-order valence-corrected chi connectivity index (χ3v) is 4.55. The van der Waals surface area contributed by atoms with Crippen LogP contribution in [0.2, 0.25) is 5.02 Å². The molecule has 2 saturated heterocycles. The van der Waals surface area contributed by atoms with Crippen molar-refractivity contribution in [3.8, 4) is 0 Å². The van der Waals surface area contributed by atoms with Gasteiger partial charge in [0.05, 0.1) is 12.1 Å². The second-order valence-electron chi connectivity index (χ2n) is 6.51. The normalized spacial score (nSPS) is 30.7. The van der Waals surface area contributed by atoms with Crippen molar-refractivity contribution in [1.29, 1.82) is 0 Å². The van der Waals surface area contributed by atoms with Gasteiger partial charge in [0.15, 0.2) is 11.9 Å². The number of carbonyl (C=O) groups excluding carboxylic acids is 1. The van der Waals surface area contributed by atoms with E-state index < -0.39 is 11.9 Å². The summed E-state index contributed by atoms with van der Waals surface area (Å²) in [4.78, 5) is 14.8. The lowest BCUT2D eigenvalue weighted by atomic mass is 10.0. The molecule has 3 atom stereocenters. The van der Waals surface area contributed by atoms with Gasteiger partial charge < -0.3 is 14.4 Å². The van der Waals surface area contributed by atoms with Crippen molar-refractivity contribution < 1.29 is 14.3 Å². The Morgan fingerprint density at radius 2 is 2.14 bits per heavy atom. The summed E-state index contributed by atoms with van der Waals surface area (Å²) in [6.45, 7) is 6.33. The van der Waals surface area contributed by atoms with E-state index in [1.54, 1.807) is 0 Å². The van der Waals surface area contributed by atoms with Crippen LogP contribution >= 0.6 is 11.6 Å². The largest absolute Gasteiger partial charge is 0.344 e. The van der Waals surface area contributed by atoms with Crippen LogP contribution in [-0.2, 0) is 14.3 Å². The summed E-state index contributed by atoms with van der Waals surface area (Å²) in [7, 11) is 0. The van der Waals surface area contributed by atoms with Crippen molar-refractivity contribution >= 4 is 17.5 Å². The first-order chi connectivity index (χ1) is 10.4. The monoisotopic (exact) mass is 323 g/mol. The van der Waals surface area contributed by atoms with E-state index in [4.69, 9.17) is 21.1 Å². The SMILES string of the molecule is C[C@@H]1OC(C)(C)O[C@H]1C(=O)N1CCC[C@@H]1c1cccc(Cl)c1. The zero-order valence-electron chi connectivity index (χ0n) is 13.2. The van der Waals surface area contributed by atoms with Gasteiger partial charge in [0.25, 0.3) is 5.91 Å². The maximum absolute atomic E-state index is 12.9. The van der Waals surface area contributed by atoms with Crippen molar-refractivity contribution in [1.82, 2.24) is 4.90 Å². The molecule has 3 rings (SSSR count). The average Bonchev–Trinajstić information content (AvgIpc) is 3.02. The zero-order chi connectivity index (χ0) is 15.9. The molecule has 1 aromatic rings. The smallest absolute Gasteiger partial charge is 0.255 e. The molecule has 4 nitrogen and oxygen atoms in total. The summed E-state index contributed by atoms with van der Waals surface area (Å²) in [5, 5.41) is 0.701. The number of carbonyl (C=O) groups is 1. The molecule has 2 aliphatic heterocycles. The Morgan fingerprint density at radius 1 is 1.36 bits per heavy atom. The molecule has 0 spiro atoms. The molecule has 2 aliphatic rings. The standard InChI is InChI=1S/C17H22ClNO3/c1-11-15(22-17(2,3)21-11)16(20)19-9-5-8-14(19)12-6-4-7-13(18)10-12/h4,6-7,10-11,14-15H,5,8-9H2,1-3H3/t11-,14+,15+/m0/s1. The number of ether oxygens (including phenoxy) is 2. The number of hydrogen-bond acceptors (Lipinski definition) is 3. The van der Waals surface area contributed by atoms with Crippen molar-refractivity contribution in [3.63, 3.8) is 0 Å². The van der Waals surface area contributed by atoms with Crippen LogP contribution < -0.4 is 0 Å². The lowest BCUT2D eigenvalue weighted by Crippen LogP contribution is -2.42. The van der Waals surface area contributed by atoms with Gasteiger partial charge in [-0.2, -0.15) is 0 Å². The van der Waals surface area contributed by atoms with Crippen molar-refractivity contribution in [2.45, 2.75) is 57.6 Å². The molecule has 0 unspecified atom stereocenters. The quantitative estimate of drug-likeness (QED) is 0.835. The van der Waals surface area contributed by atoms with E-state index in [0.717, 1.165) is 24.9 Å². The Morgan fingerprint density at radius 3 is 2.77 bits per heavy atom. The Kier molecular flexibility index (Phi) is 4.19. The number of amides is 1. The molecule has 0 aromatic heterocycles. The summed E-state index contributed by atoms with van der Waals surface area (Å²) in [6, 6.07) is 7.83. The zero-order valence-corrected chi connectivity index (χ0v) is 14.0. The summed E-state index contributed by atoms with van der Waals surface area (Å²) >= 11 is 6.09. The molecule has 22 heavy (non-hydrogen) atoms. The minimum absolute atomic E-state index is 0.0144. The highest BCUT2D eigenvalue weighted by Crippen LogP contribution is 2.36. The fourth-order valence-corrected chi connectivity index (χ4v) is 3.64. The Bertz CT molecular complexity index is 575. The number of hydrogen-bond donors (Lipinski definition) is 0. The van der Waals surface area contributed by atoms with Crippen LogP contribution in [0.1, 0.15) is 45.2 Å². The predicted octanol–water partition coefficient (Wildman–Crippen LogP) is 3.54. The Labute approximate surface area is 136 Å². The van der Waals surface area contributed by atoms with E-state index >= 15 is 0 Å². The molecule has 5 heteroatoms. The number of likely N-dealkylation sites (tertiary alicyclic amines) is 1. The molecule has 0 saturated carbocycles. The highest BCUT2D eigenvalue weighted by molar-refractivity contribution is 6.30. The van der Waals surface area contributed by atoms with Crippen molar-refractivity contribution in [2.75, 3.05) is 6.54 Å². The number of rotatable bonds is 2.